The molecule has 1 aliphatic rings. The van der Waals surface area contributed by atoms with Gasteiger partial charge in [0.25, 0.3) is 5.69 Å². The smallest absolute Gasteiger partial charge is 0.292 e. The van der Waals surface area contributed by atoms with Gasteiger partial charge in [-0.25, -0.2) is 0 Å². The van der Waals surface area contributed by atoms with E-state index in [2.05, 4.69) is 22.3 Å². The summed E-state index contributed by atoms with van der Waals surface area (Å²) in [6, 6.07) is 14.0. The van der Waals surface area contributed by atoms with E-state index in [1.165, 1.54) is 17.2 Å². The summed E-state index contributed by atoms with van der Waals surface area (Å²) in [5.41, 5.74) is 2.69. The van der Waals surface area contributed by atoms with Crippen molar-refractivity contribution in [2.45, 2.75) is 25.9 Å². The summed E-state index contributed by atoms with van der Waals surface area (Å²) in [5, 5.41) is 13.7. The van der Waals surface area contributed by atoms with E-state index in [1.807, 2.05) is 19.1 Å². The molecule has 2 aromatic carbocycles. The summed E-state index contributed by atoms with van der Waals surface area (Å²) in [6.07, 6.45) is 0.902. The summed E-state index contributed by atoms with van der Waals surface area (Å²) < 4.78 is 0. The first-order valence-corrected chi connectivity index (χ1v) is 7.91. The molecule has 0 fully saturated rings. The molecule has 0 radical (unpaired) electrons. The van der Waals surface area contributed by atoms with Gasteiger partial charge in [0.1, 0.15) is 5.69 Å². The number of amides is 1. The second kappa shape index (κ2) is 6.80. The van der Waals surface area contributed by atoms with Gasteiger partial charge in [-0.15, -0.1) is 0 Å². The summed E-state index contributed by atoms with van der Waals surface area (Å²) in [4.78, 5) is 25.2. The van der Waals surface area contributed by atoms with E-state index in [1.54, 1.807) is 18.2 Å². The number of fused-ring (bicyclic) bond motifs is 1. The van der Waals surface area contributed by atoms with E-state index in [4.69, 9.17) is 0 Å². The average molecular weight is 325 g/mol. The summed E-state index contributed by atoms with van der Waals surface area (Å²) in [7, 11) is 0. The van der Waals surface area contributed by atoms with Crippen LogP contribution in [0.5, 0.6) is 0 Å². The Morgan fingerprint density at radius 2 is 1.83 bits per heavy atom. The van der Waals surface area contributed by atoms with E-state index < -0.39 is 4.92 Å². The van der Waals surface area contributed by atoms with E-state index in [0.717, 1.165) is 13.0 Å². The van der Waals surface area contributed by atoms with Crippen LogP contribution in [0, 0.1) is 10.1 Å². The third kappa shape index (κ3) is 3.28. The molecule has 0 unspecified atom stereocenters. The van der Waals surface area contributed by atoms with Crippen LogP contribution >= 0.6 is 0 Å². The number of hydrogen-bond acceptors (Lipinski definition) is 4. The van der Waals surface area contributed by atoms with E-state index >= 15 is 0 Å². The first kappa shape index (κ1) is 16.1. The van der Waals surface area contributed by atoms with E-state index in [-0.39, 0.29) is 23.3 Å². The molecule has 1 heterocycles. The van der Waals surface area contributed by atoms with Crippen LogP contribution in [-0.2, 0) is 17.8 Å². The number of rotatable bonds is 4. The minimum absolute atomic E-state index is 0.0953. The van der Waals surface area contributed by atoms with Crippen LogP contribution in [-0.4, -0.2) is 28.3 Å². The van der Waals surface area contributed by atoms with Gasteiger partial charge in [0.2, 0.25) is 5.91 Å². The predicted molar refractivity (Wildman–Crippen MR) is 91.7 cm³/mol. The average Bonchev–Trinajstić information content (AvgIpc) is 2.61. The SMILES string of the molecule is C[C@H](C(=O)Nc1ccccc1[N+](=O)[O-])N1CCc2ccccc2C1. The van der Waals surface area contributed by atoms with E-state index in [9.17, 15) is 14.9 Å². The molecule has 0 saturated heterocycles. The molecule has 0 aliphatic carbocycles. The number of para-hydroxylation sites is 2. The molecule has 0 aromatic heterocycles. The molecule has 1 amide bonds. The summed E-state index contributed by atoms with van der Waals surface area (Å²) in [6.45, 7) is 3.34. The van der Waals surface area contributed by atoms with Crippen LogP contribution in [0.4, 0.5) is 11.4 Å². The van der Waals surface area contributed by atoms with Crippen molar-refractivity contribution in [3.05, 3.63) is 69.8 Å². The molecule has 124 valence electrons. The van der Waals surface area contributed by atoms with Crippen molar-refractivity contribution in [3.63, 3.8) is 0 Å². The van der Waals surface area contributed by atoms with Crippen molar-refractivity contribution in [2.24, 2.45) is 0 Å². The molecular formula is C18H19N3O3. The van der Waals surface area contributed by atoms with Gasteiger partial charge in [0, 0.05) is 19.2 Å². The maximum Gasteiger partial charge on any atom is 0.292 e. The number of nitrogens with one attached hydrogen (secondary N) is 1. The Morgan fingerprint density at radius 1 is 1.17 bits per heavy atom. The molecule has 6 nitrogen and oxygen atoms in total. The lowest BCUT2D eigenvalue weighted by atomic mass is 9.99. The Hall–Kier alpha value is -2.73. The molecular weight excluding hydrogens is 306 g/mol. The number of nitro groups is 1. The second-order valence-corrected chi connectivity index (χ2v) is 5.93. The van der Waals surface area contributed by atoms with Gasteiger partial charge in [0.15, 0.2) is 0 Å². The van der Waals surface area contributed by atoms with Crippen LogP contribution in [0.1, 0.15) is 18.1 Å². The number of carbonyl (C=O) groups excluding carboxylic acids is 1. The highest BCUT2D eigenvalue weighted by atomic mass is 16.6. The van der Waals surface area contributed by atoms with Crippen LogP contribution in [0.15, 0.2) is 48.5 Å². The lowest BCUT2D eigenvalue weighted by molar-refractivity contribution is -0.383. The Morgan fingerprint density at radius 3 is 2.58 bits per heavy atom. The van der Waals surface area contributed by atoms with Crippen LogP contribution in [0.25, 0.3) is 0 Å². The number of nitro benzene ring substituents is 1. The van der Waals surface area contributed by atoms with Gasteiger partial charge in [-0.2, -0.15) is 0 Å². The molecule has 0 saturated carbocycles. The molecule has 3 rings (SSSR count). The maximum absolute atomic E-state index is 12.5. The minimum atomic E-state index is -0.489. The van der Waals surface area contributed by atoms with Crippen LogP contribution < -0.4 is 5.32 Å². The monoisotopic (exact) mass is 325 g/mol. The van der Waals surface area contributed by atoms with Crippen molar-refractivity contribution < 1.29 is 9.72 Å². The second-order valence-electron chi connectivity index (χ2n) is 5.93. The Kier molecular flexibility index (Phi) is 4.57. The Bertz CT molecular complexity index is 776. The third-order valence-corrected chi connectivity index (χ3v) is 4.45. The first-order chi connectivity index (χ1) is 11.6. The van der Waals surface area contributed by atoms with Crippen molar-refractivity contribution >= 4 is 17.3 Å². The molecule has 1 N–H and O–H groups in total. The van der Waals surface area contributed by atoms with Crippen molar-refractivity contribution in [2.75, 3.05) is 11.9 Å². The van der Waals surface area contributed by atoms with Gasteiger partial charge < -0.3 is 5.32 Å². The van der Waals surface area contributed by atoms with Crippen LogP contribution in [0.3, 0.4) is 0 Å². The first-order valence-electron chi connectivity index (χ1n) is 7.91. The number of anilines is 1. The van der Waals surface area contributed by atoms with Crippen molar-refractivity contribution in [1.82, 2.24) is 4.90 Å². The van der Waals surface area contributed by atoms with E-state index in [0.29, 0.717) is 6.54 Å². The topological polar surface area (TPSA) is 75.5 Å². The Labute approximate surface area is 140 Å². The van der Waals surface area contributed by atoms with Crippen molar-refractivity contribution in [1.29, 1.82) is 0 Å². The maximum atomic E-state index is 12.5. The van der Waals surface area contributed by atoms with Gasteiger partial charge in [0.05, 0.1) is 11.0 Å². The standard InChI is InChI=1S/C18H19N3O3/c1-13(20-11-10-14-6-2-3-7-15(14)12-20)18(22)19-16-8-4-5-9-17(16)21(23)24/h2-9,13H,10-12H2,1H3,(H,19,22)/t13-/m1/s1. The molecule has 6 heteroatoms. The highest BCUT2D eigenvalue weighted by Gasteiger charge is 2.26. The normalized spacial score (nSPS) is 15.4. The molecule has 1 aliphatic heterocycles. The zero-order valence-corrected chi connectivity index (χ0v) is 13.4. The third-order valence-electron chi connectivity index (χ3n) is 4.45. The lowest BCUT2D eigenvalue weighted by Crippen LogP contribution is -2.44. The molecule has 1 atom stereocenters. The number of hydrogen-bond donors (Lipinski definition) is 1. The van der Waals surface area contributed by atoms with Gasteiger partial charge in [-0.3, -0.25) is 19.8 Å². The summed E-state index contributed by atoms with van der Waals surface area (Å²) >= 11 is 0. The quantitative estimate of drug-likeness (QED) is 0.692. The fraction of sp³-hybridized carbons (Fsp3) is 0.278. The highest BCUT2D eigenvalue weighted by Crippen LogP contribution is 2.25. The Balaban J connectivity index is 1.71. The minimum Gasteiger partial charge on any atom is -0.319 e. The fourth-order valence-corrected chi connectivity index (χ4v) is 2.99. The zero-order valence-electron chi connectivity index (χ0n) is 13.4. The number of benzene rings is 2. The van der Waals surface area contributed by atoms with Crippen LogP contribution in [0.2, 0.25) is 0 Å². The zero-order chi connectivity index (χ0) is 17.1. The van der Waals surface area contributed by atoms with Gasteiger partial charge in [-0.1, -0.05) is 36.4 Å². The van der Waals surface area contributed by atoms with Crippen molar-refractivity contribution in [3.8, 4) is 0 Å². The molecule has 0 spiro atoms. The van der Waals surface area contributed by atoms with Gasteiger partial charge in [-0.05, 0) is 30.5 Å². The molecule has 24 heavy (non-hydrogen) atoms. The largest absolute Gasteiger partial charge is 0.319 e. The fourth-order valence-electron chi connectivity index (χ4n) is 2.99. The number of nitrogens with zero attached hydrogens (tertiary/aromatic N) is 2. The predicted octanol–water partition coefficient (Wildman–Crippen LogP) is 2.98. The van der Waals surface area contributed by atoms with Gasteiger partial charge >= 0.3 is 0 Å². The lowest BCUT2D eigenvalue weighted by Gasteiger charge is -2.32. The summed E-state index contributed by atoms with van der Waals surface area (Å²) in [5.74, 6) is -0.233. The number of carbonyl (C=O) groups is 1. The highest BCUT2D eigenvalue weighted by molar-refractivity contribution is 5.96. The molecule has 2 aromatic rings. The molecule has 0 bridgehead atoms.